The molecule has 1 aromatic carbocycles. The standard InChI is InChI=1S/C14H18ClNO3/c1-9-7-14(13(17)18,8-10(2)19-9)16-12-6-4-3-5-11(12)15/h3-6,9-10,16H,7-8H2,1-2H3,(H,17,18). The highest BCUT2D eigenvalue weighted by molar-refractivity contribution is 6.33. The average molecular weight is 284 g/mol. The molecule has 0 amide bonds. The molecule has 2 unspecified atom stereocenters. The first-order valence-electron chi connectivity index (χ1n) is 6.34. The zero-order chi connectivity index (χ0) is 14.0. The lowest BCUT2D eigenvalue weighted by Crippen LogP contribution is -2.54. The van der Waals surface area contributed by atoms with Crippen molar-refractivity contribution in [3.05, 3.63) is 29.3 Å². The topological polar surface area (TPSA) is 58.6 Å². The van der Waals surface area contributed by atoms with Gasteiger partial charge in [-0.25, -0.2) is 4.79 Å². The van der Waals surface area contributed by atoms with E-state index in [4.69, 9.17) is 16.3 Å². The molecule has 0 radical (unpaired) electrons. The van der Waals surface area contributed by atoms with Crippen LogP contribution in [0.5, 0.6) is 0 Å². The predicted molar refractivity (Wildman–Crippen MR) is 74.7 cm³/mol. The Morgan fingerprint density at radius 3 is 2.47 bits per heavy atom. The Balaban J connectivity index is 2.30. The Kier molecular flexibility index (Phi) is 4.02. The highest BCUT2D eigenvalue weighted by Gasteiger charge is 2.45. The third-order valence-electron chi connectivity index (χ3n) is 3.39. The van der Waals surface area contributed by atoms with Gasteiger partial charge in [0.1, 0.15) is 5.54 Å². The van der Waals surface area contributed by atoms with Gasteiger partial charge in [0, 0.05) is 12.8 Å². The second-order valence-corrected chi connectivity index (χ2v) is 5.56. The maximum Gasteiger partial charge on any atom is 0.329 e. The number of carbonyl (C=O) groups is 1. The third-order valence-corrected chi connectivity index (χ3v) is 3.72. The minimum Gasteiger partial charge on any atom is -0.480 e. The average Bonchev–Trinajstić information content (AvgIpc) is 2.30. The Morgan fingerprint density at radius 1 is 1.37 bits per heavy atom. The van der Waals surface area contributed by atoms with Gasteiger partial charge >= 0.3 is 5.97 Å². The molecule has 1 fully saturated rings. The quantitative estimate of drug-likeness (QED) is 0.895. The van der Waals surface area contributed by atoms with Crippen LogP contribution < -0.4 is 5.32 Å². The van der Waals surface area contributed by atoms with Crippen LogP contribution in [0.3, 0.4) is 0 Å². The zero-order valence-electron chi connectivity index (χ0n) is 11.0. The molecule has 0 saturated carbocycles. The maximum absolute atomic E-state index is 11.7. The van der Waals surface area contributed by atoms with Gasteiger partial charge in [0.15, 0.2) is 0 Å². The Morgan fingerprint density at radius 2 is 1.95 bits per heavy atom. The zero-order valence-corrected chi connectivity index (χ0v) is 11.8. The van der Waals surface area contributed by atoms with Crippen molar-refractivity contribution in [3.8, 4) is 0 Å². The Hall–Kier alpha value is -1.26. The molecule has 4 nitrogen and oxygen atoms in total. The summed E-state index contributed by atoms with van der Waals surface area (Å²) in [4.78, 5) is 11.7. The number of benzene rings is 1. The Labute approximate surface area is 117 Å². The monoisotopic (exact) mass is 283 g/mol. The number of rotatable bonds is 3. The van der Waals surface area contributed by atoms with Gasteiger partial charge in [-0.15, -0.1) is 0 Å². The van der Waals surface area contributed by atoms with Crippen LogP contribution in [-0.4, -0.2) is 28.8 Å². The smallest absolute Gasteiger partial charge is 0.329 e. The van der Waals surface area contributed by atoms with E-state index in [9.17, 15) is 9.90 Å². The van der Waals surface area contributed by atoms with Crippen LogP contribution in [0.25, 0.3) is 0 Å². The van der Waals surface area contributed by atoms with Crippen LogP contribution in [0.4, 0.5) is 5.69 Å². The lowest BCUT2D eigenvalue weighted by atomic mass is 9.84. The lowest BCUT2D eigenvalue weighted by Gasteiger charge is -2.41. The molecule has 1 heterocycles. The van der Waals surface area contributed by atoms with Crippen molar-refractivity contribution < 1.29 is 14.6 Å². The van der Waals surface area contributed by atoms with Gasteiger partial charge in [-0.1, -0.05) is 23.7 Å². The number of anilines is 1. The van der Waals surface area contributed by atoms with Crippen LogP contribution in [-0.2, 0) is 9.53 Å². The SMILES string of the molecule is CC1CC(Nc2ccccc2Cl)(C(=O)O)CC(C)O1. The number of para-hydroxylation sites is 1. The van der Waals surface area contributed by atoms with Gasteiger partial charge in [0.25, 0.3) is 0 Å². The van der Waals surface area contributed by atoms with Crippen molar-refractivity contribution in [1.82, 2.24) is 0 Å². The van der Waals surface area contributed by atoms with Crippen molar-refractivity contribution in [2.24, 2.45) is 0 Å². The molecule has 1 aliphatic heterocycles. The fourth-order valence-electron chi connectivity index (χ4n) is 2.71. The second kappa shape index (κ2) is 5.39. The summed E-state index contributed by atoms with van der Waals surface area (Å²) in [7, 11) is 0. The van der Waals surface area contributed by atoms with Gasteiger partial charge in [0.05, 0.1) is 22.9 Å². The number of carboxylic acid groups (broad SMARTS) is 1. The number of ether oxygens (including phenoxy) is 1. The van der Waals surface area contributed by atoms with E-state index in [1.54, 1.807) is 12.1 Å². The summed E-state index contributed by atoms with van der Waals surface area (Å²) in [6, 6.07) is 7.18. The molecule has 1 saturated heterocycles. The van der Waals surface area contributed by atoms with Crippen LogP contribution in [0, 0.1) is 0 Å². The molecule has 2 atom stereocenters. The normalized spacial score (nSPS) is 30.9. The molecule has 0 spiro atoms. The minimum absolute atomic E-state index is 0.102. The van der Waals surface area contributed by atoms with Crippen molar-refractivity contribution in [2.45, 2.75) is 44.4 Å². The molecule has 2 rings (SSSR count). The summed E-state index contributed by atoms with van der Waals surface area (Å²) < 4.78 is 5.62. The summed E-state index contributed by atoms with van der Waals surface area (Å²) in [5.41, 5.74) is -0.380. The van der Waals surface area contributed by atoms with E-state index in [1.807, 2.05) is 26.0 Å². The summed E-state index contributed by atoms with van der Waals surface area (Å²) in [6.45, 7) is 3.78. The van der Waals surface area contributed by atoms with Crippen molar-refractivity contribution in [2.75, 3.05) is 5.32 Å². The highest BCUT2D eigenvalue weighted by Crippen LogP contribution is 2.34. The van der Waals surface area contributed by atoms with E-state index in [0.29, 0.717) is 23.6 Å². The number of hydrogen-bond acceptors (Lipinski definition) is 3. The van der Waals surface area contributed by atoms with Gasteiger partial charge in [-0.3, -0.25) is 0 Å². The fraction of sp³-hybridized carbons (Fsp3) is 0.500. The van der Waals surface area contributed by atoms with Gasteiger partial charge < -0.3 is 15.2 Å². The highest BCUT2D eigenvalue weighted by atomic mass is 35.5. The number of nitrogens with one attached hydrogen (secondary N) is 1. The van der Waals surface area contributed by atoms with E-state index in [-0.39, 0.29) is 12.2 Å². The summed E-state index contributed by atoms with van der Waals surface area (Å²) >= 11 is 6.10. The molecule has 1 aromatic rings. The lowest BCUT2D eigenvalue weighted by molar-refractivity contribution is -0.151. The van der Waals surface area contributed by atoms with Crippen LogP contribution >= 0.6 is 11.6 Å². The van der Waals surface area contributed by atoms with Crippen molar-refractivity contribution in [3.63, 3.8) is 0 Å². The largest absolute Gasteiger partial charge is 0.480 e. The van der Waals surface area contributed by atoms with E-state index in [2.05, 4.69) is 5.32 Å². The minimum atomic E-state index is -1.03. The number of aliphatic carboxylic acids is 1. The molecular weight excluding hydrogens is 266 g/mol. The molecule has 0 aromatic heterocycles. The molecule has 2 N–H and O–H groups in total. The molecule has 0 aliphatic carbocycles. The molecule has 5 heteroatoms. The first-order valence-corrected chi connectivity index (χ1v) is 6.72. The number of halogens is 1. The molecule has 19 heavy (non-hydrogen) atoms. The van der Waals surface area contributed by atoms with Gasteiger partial charge in [-0.2, -0.15) is 0 Å². The summed E-state index contributed by atoms with van der Waals surface area (Å²) in [6.07, 6.45) is 0.625. The summed E-state index contributed by atoms with van der Waals surface area (Å²) in [5.74, 6) is -0.866. The van der Waals surface area contributed by atoms with E-state index >= 15 is 0 Å². The van der Waals surface area contributed by atoms with E-state index in [0.717, 1.165) is 0 Å². The van der Waals surface area contributed by atoms with Gasteiger partial charge in [-0.05, 0) is 26.0 Å². The van der Waals surface area contributed by atoms with Crippen molar-refractivity contribution in [1.29, 1.82) is 0 Å². The van der Waals surface area contributed by atoms with Crippen LogP contribution in [0.1, 0.15) is 26.7 Å². The first-order chi connectivity index (χ1) is 8.93. The Bertz CT molecular complexity index is 468. The molecule has 0 bridgehead atoms. The first kappa shape index (κ1) is 14.2. The van der Waals surface area contributed by atoms with Crippen LogP contribution in [0.2, 0.25) is 5.02 Å². The van der Waals surface area contributed by atoms with E-state index in [1.165, 1.54) is 0 Å². The van der Waals surface area contributed by atoms with Crippen LogP contribution in [0.15, 0.2) is 24.3 Å². The predicted octanol–water partition coefficient (Wildman–Crippen LogP) is 3.16. The van der Waals surface area contributed by atoms with Gasteiger partial charge in [0.2, 0.25) is 0 Å². The molecule has 1 aliphatic rings. The third kappa shape index (κ3) is 3.01. The fourth-order valence-corrected chi connectivity index (χ4v) is 2.89. The van der Waals surface area contributed by atoms with E-state index < -0.39 is 11.5 Å². The summed E-state index contributed by atoms with van der Waals surface area (Å²) in [5, 5.41) is 13.2. The van der Waals surface area contributed by atoms with Crippen molar-refractivity contribution >= 4 is 23.3 Å². The number of hydrogen-bond donors (Lipinski definition) is 2. The molecular formula is C14H18ClNO3. The maximum atomic E-state index is 11.7. The number of carboxylic acids is 1. The molecule has 104 valence electrons. The second-order valence-electron chi connectivity index (χ2n) is 5.16.